The molecule has 0 bridgehead atoms. The highest BCUT2D eigenvalue weighted by Crippen LogP contribution is 2.20. The van der Waals surface area contributed by atoms with E-state index in [2.05, 4.69) is 5.32 Å². The average Bonchev–Trinajstić information content (AvgIpc) is 2.08. The molecule has 0 aliphatic carbocycles. The number of hydrogen-bond donors (Lipinski definition) is 3. The van der Waals surface area contributed by atoms with Gasteiger partial charge in [-0.3, -0.25) is 0 Å². The molecule has 0 fully saturated rings. The van der Waals surface area contributed by atoms with Crippen LogP contribution in [-0.4, -0.2) is 18.3 Å². The van der Waals surface area contributed by atoms with Crippen molar-refractivity contribution in [1.29, 1.82) is 0 Å². The van der Waals surface area contributed by atoms with Crippen molar-refractivity contribution >= 4 is 11.4 Å². The molecule has 0 aromatic heterocycles. The van der Waals surface area contributed by atoms with Crippen LogP contribution >= 0.6 is 0 Å². The molecule has 3 heteroatoms. The highest BCUT2D eigenvalue weighted by atomic mass is 16.3. The number of aryl methyl sites for hydroxylation is 1. The molecule has 4 N–H and O–H groups in total. The zero-order valence-corrected chi connectivity index (χ0v) is 7.17. The van der Waals surface area contributed by atoms with Crippen LogP contribution in [0.4, 0.5) is 11.4 Å². The zero-order valence-electron chi connectivity index (χ0n) is 7.17. The van der Waals surface area contributed by atoms with E-state index in [0.717, 1.165) is 16.9 Å². The number of para-hydroxylation sites is 1. The Hall–Kier alpha value is -1.22. The first kappa shape index (κ1) is 8.87. The van der Waals surface area contributed by atoms with Gasteiger partial charge in [-0.05, 0) is 18.6 Å². The summed E-state index contributed by atoms with van der Waals surface area (Å²) in [6.45, 7) is 2.61. The molecule has 0 saturated carbocycles. The lowest BCUT2D eigenvalue weighted by Crippen LogP contribution is -2.07. The summed E-state index contributed by atoms with van der Waals surface area (Å²) < 4.78 is 0. The van der Waals surface area contributed by atoms with Gasteiger partial charge in [-0.25, -0.2) is 0 Å². The summed E-state index contributed by atoms with van der Waals surface area (Å²) in [5.74, 6) is 0. The van der Waals surface area contributed by atoms with Crippen LogP contribution in [0, 0.1) is 6.92 Å². The van der Waals surface area contributed by atoms with Crippen molar-refractivity contribution in [2.75, 3.05) is 24.2 Å². The van der Waals surface area contributed by atoms with Crippen LogP contribution in [0.2, 0.25) is 0 Å². The second kappa shape index (κ2) is 3.97. The van der Waals surface area contributed by atoms with E-state index in [1.807, 2.05) is 25.1 Å². The summed E-state index contributed by atoms with van der Waals surface area (Å²) in [7, 11) is 0. The Morgan fingerprint density at radius 2 is 2.25 bits per heavy atom. The SMILES string of the molecule is Cc1cccc(NCCO)c1N. The Kier molecular flexibility index (Phi) is 2.94. The first-order chi connectivity index (χ1) is 5.75. The van der Waals surface area contributed by atoms with Gasteiger partial charge in [0.2, 0.25) is 0 Å². The Bertz CT molecular complexity index is 261. The molecule has 0 unspecified atom stereocenters. The minimum Gasteiger partial charge on any atom is -0.397 e. The van der Waals surface area contributed by atoms with Crippen LogP contribution in [0.1, 0.15) is 5.56 Å². The summed E-state index contributed by atoms with van der Waals surface area (Å²) in [5, 5.41) is 11.6. The van der Waals surface area contributed by atoms with Gasteiger partial charge in [-0.15, -0.1) is 0 Å². The quantitative estimate of drug-likeness (QED) is 0.587. The fourth-order valence-corrected chi connectivity index (χ4v) is 1.03. The van der Waals surface area contributed by atoms with Gasteiger partial charge in [0.05, 0.1) is 18.0 Å². The Labute approximate surface area is 72.2 Å². The predicted octanol–water partition coefficient (Wildman–Crippen LogP) is 0.981. The van der Waals surface area contributed by atoms with Gasteiger partial charge in [-0.1, -0.05) is 12.1 Å². The summed E-state index contributed by atoms with van der Waals surface area (Å²) in [4.78, 5) is 0. The third-order valence-corrected chi connectivity index (χ3v) is 1.75. The molecule has 0 heterocycles. The van der Waals surface area contributed by atoms with Crippen molar-refractivity contribution in [3.63, 3.8) is 0 Å². The lowest BCUT2D eigenvalue weighted by molar-refractivity contribution is 0.311. The number of nitrogen functional groups attached to an aromatic ring is 1. The predicted molar refractivity (Wildman–Crippen MR) is 51.2 cm³/mol. The molecule has 0 atom stereocenters. The maximum Gasteiger partial charge on any atom is 0.0604 e. The molecule has 3 nitrogen and oxygen atoms in total. The van der Waals surface area contributed by atoms with Crippen LogP contribution in [0.3, 0.4) is 0 Å². The largest absolute Gasteiger partial charge is 0.397 e. The van der Waals surface area contributed by atoms with E-state index in [1.165, 1.54) is 0 Å². The van der Waals surface area contributed by atoms with Crippen molar-refractivity contribution in [3.8, 4) is 0 Å². The lowest BCUT2D eigenvalue weighted by atomic mass is 10.2. The number of hydrogen-bond acceptors (Lipinski definition) is 3. The number of benzene rings is 1. The van der Waals surface area contributed by atoms with E-state index in [0.29, 0.717) is 6.54 Å². The molecule has 66 valence electrons. The van der Waals surface area contributed by atoms with E-state index >= 15 is 0 Å². The van der Waals surface area contributed by atoms with E-state index in [-0.39, 0.29) is 6.61 Å². The Morgan fingerprint density at radius 1 is 1.50 bits per heavy atom. The van der Waals surface area contributed by atoms with Crippen molar-refractivity contribution in [1.82, 2.24) is 0 Å². The fourth-order valence-electron chi connectivity index (χ4n) is 1.03. The van der Waals surface area contributed by atoms with Gasteiger partial charge in [0, 0.05) is 6.54 Å². The summed E-state index contributed by atoms with van der Waals surface area (Å²) in [6.07, 6.45) is 0. The van der Waals surface area contributed by atoms with Crippen LogP contribution in [-0.2, 0) is 0 Å². The third kappa shape index (κ3) is 1.89. The molecular formula is C9H14N2O. The molecule has 0 spiro atoms. The average molecular weight is 166 g/mol. The standard InChI is InChI=1S/C9H14N2O/c1-7-3-2-4-8(9(7)10)11-5-6-12/h2-4,11-12H,5-6,10H2,1H3. The monoisotopic (exact) mass is 166 g/mol. The topological polar surface area (TPSA) is 58.3 Å². The number of aliphatic hydroxyl groups is 1. The molecule has 1 aromatic carbocycles. The number of nitrogens with two attached hydrogens (primary N) is 1. The molecule has 0 radical (unpaired) electrons. The van der Waals surface area contributed by atoms with Crippen molar-refractivity contribution in [3.05, 3.63) is 23.8 Å². The second-order valence-electron chi connectivity index (χ2n) is 2.69. The Morgan fingerprint density at radius 3 is 2.92 bits per heavy atom. The van der Waals surface area contributed by atoms with Crippen molar-refractivity contribution < 1.29 is 5.11 Å². The first-order valence-electron chi connectivity index (χ1n) is 3.95. The fraction of sp³-hybridized carbons (Fsp3) is 0.333. The Balaban J connectivity index is 2.78. The van der Waals surface area contributed by atoms with Crippen LogP contribution in [0.15, 0.2) is 18.2 Å². The maximum absolute atomic E-state index is 8.58. The van der Waals surface area contributed by atoms with E-state index in [1.54, 1.807) is 0 Å². The molecule has 0 amide bonds. The summed E-state index contributed by atoms with van der Waals surface area (Å²) >= 11 is 0. The molecule has 12 heavy (non-hydrogen) atoms. The molecular weight excluding hydrogens is 152 g/mol. The zero-order chi connectivity index (χ0) is 8.97. The molecule has 0 saturated heterocycles. The van der Waals surface area contributed by atoms with E-state index in [4.69, 9.17) is 10.8 Å². The van der Waals surface area contributed by atoms with Gasteiger partial charge in [0.15, 0.2) is 0 Å². The number of nitrogens with one attached hydrogen (secondary N) is 1. The molecule has 1 rings (SSSR count). The van der Waals surface area contributed by atoms with Crippen molar-refractivity contribution in [2.24, 2.45) is 0 Å². The summed E-state index contributed by atoms with van der Waals surface area (Å²) in [6, 6.07) is 5.79. The van der Waals surface area contributed by atoms with Crippen LogP contribution in [0.5, 0.6) is 0 Å². The van der Waals surface area contributed by atoms with E-state index < -0.39 is 0 Å². The van der Waals surface area contributed by atoms with Gasteiger partial charge in [0.1, 0.15) is 0 Å². The van der Waals surface area contributed by atoms with Crippen LogP contribution in [0.25, 0.3) is 0 Å². The highest BCUT2D eigenvalue weighted by molar-refractivity contribution is 5.69. The highest BCUT2D eigenvalue weighted by Gasteiger charge is 1.98. The number of rotatable bonds is 3. The first-order valence-corrected chi connectivity index (χ1v) is 3.95. The van der Waals surface area contributed by atoms with Gasteiger partial charge in [0.25, 0.3) is 0 Å². The number of aliphatic hydroxyl groups excluding tert-OH is 1. The van der Waals surface area contributed by atoms with Crippen molar-refractivity contribution in [2.45, 2.75) is 6.92 Å². The van der Waals surface area contributed by atoms with Gasteiger partial charge in [-0.2, -0.15) is 0 Å². The van der Waals surface area contributed by atoms with Crippen LogP contribution < -0.4 is 11.1 Å². The lowest BCUT2D eigenvalue weighted by Gasteiger charge is -2.09. The second-order valence-corrected chi connectivity index (χ2v) is 2.69. The minimum absolute atomic E-state index is 0.118. The van der Waals surface area contributed by atoms with Gasteiger partial charge < -0.3 is 16.2 Å². The summed E-state index contributed by atoms with van der Waals surface area (Å²) in [5.41, 5.74) is 8.48. The maximum atomic E-state index is 8.58. The third-order valence-electron chi connectivity index (χ3n) is 1.75. The molecule has 0 aliphatic rings. The van der Waals surface area contributed by atoms with E-state index in [9.17, 15) is 0 Å². The molecule has 1 aromatic rings. The normalized spacial score (nSPS) is 9.83. The smallest absolute Gasteiger partial charge is 0.0604 e. The number of anilines is 2. The minimum atomic E-state index is 0.118. The molecule has 0 aliphatic heterocycles. The van der Waals surface area contributed by atoms with Gasteiger partial charge >= 0.3 is 0 Å².